The molecule has 0 atom stereocenters. The van der Waals surface area contributed by atoms with Crippen molar-refractivity contribution in [3.63, 3.8) is 0 Å². The Morgan fingerprint density at radius 1 is 1.43 bits per heavy atom. The minimum atomic E-state index is -0.974. The fourth-order valence-corrected chi connectivity index (χ4v) is 1.63. The first kappa shape index (κ1) is 8.99. The lowest BCUT2D eigenvalue weighted by molar-refractivity contribution is -0.140. The van der Waals surface area contributed by atoms with Crippen LogP contribution in [0.2, 0.25) is 0 Å². The zero-order valence-corrected chi connectivity index (χ0v) is 7.33. The van der Waals surface area contributed by atoms with Crippen LogP contribution in [0.1, 0.15) is 18.4 Å². The van der Waals surface area contributed by atoms with E-state index < -0.39 is 17.2 Å². The fraction of sp³-hybridized carbons (Fsp3) is 0.300. The molecule has 1 saturated carbocycles. The maximum absolute atomic E-state index is 12.6. The predicted molar refractivity (Wildman–Crippen MR) is 46.6 cm³/mol. The van der Waals surface area contributed by atoms with Crippen molar-refractivity contribution >= 4 is 5.97 Å². The Balaban J connectivity index is 2.47. The summed E-state index contributed by atoms with van der Waals surface area (Å²) in [7, 11) is 0. The number of benzene rings is 1. The molecule has 0 aliphatic heterocycles. The largest absolute Gasteiger partial charge is 0.508 e. The van der Waals surface area contributed by atoms with E-state index in [1.807, 2.05) is 0 Å². The monoisotopic (exact) mass is 196 g/mol. The summed E-state index contributed by atoms with van der Waals surface area (Å²) < 4.78 is 12.6. The number of rotatable bonds is 2. The number of phenols is 1. The Morgan fingerprint density at radius 2 is 2.07 bits per heavy atom. The van der Waals surface area contributed by atoms with E-state index in [1.54, 1.807) is 0 Å². The lowest BCUT2D eigenvalue weighted by Crippen LogP contribution is -2.19. The van der Waals surface area contributed by atoms with Gasteiger partial charge in [-0.25, -0.2) is 4.39 Å². The SMILES string of the molecule is O=C(O)C1(c2ccc(F)cc2O)CC1. The van der Waals surface area contributed by atoms with Crippen molar-refractivity contribution in [3.8, 4) is 5.75 Å². The third kappa shape index (κ3) is 1.14. The number of carboxylic acid groups (broad SMARTS) is 1. The van der Waals surface area contributed by atoms with Crippen molar-refractivity contribution in [1.82, 2.24) is 0 Å². The number of carbonyl (C=O) groups is 1. The molecule has 1 aromatic carbocycles. The van der Waals surface area contributed by atoms with E-state index in [9.17, 15) is 14.3 Å². The maximum atomic E-state index is 12.6. The molecule has 1 aliphatic carbocycles. The smallest absolute Gasteiger partial charge is 0.314 e. The molecule has 0 saturated heterocycles. The summed E-state index contributed by atoms with van der Waals surface area (Å²) in [6, 6.07) is 3.45. The van der Waals surface area contributed by atoms with E-state index in [-0.39, 0.29) is 5.75 Å². The first-order valence-electron chi connectivity index (χ1n) is 4.29. The first-order chi connectivity index (χ1) is 6.56. The summed E-state index contributed by atoms with van der Waals surface area (Å²) in [4.78, 5) is 10.9. The molecule has 1 fully saturated rings. The highest BCUT2D eigenvalue weighted by Gasteiger charge is 2.53. The van der Waals surface area contributed by atoms with Gasteiger partial charge in [-0.15, -0.1) is 0 Å². The molecular weight excluding hydrogens is 187 g/mol. The standard InChI is InChI=1S/C10H9FO3/c11-6-1-2-7(8(12)5-6)10(3-4-10)9(13)14/h1-2,5,12H,3-4H2,(H,13,14). The van der Waals surface area contributed by atoms with Crippen LogP contribution in [0, 0.1) is 5.82 Å². The number of hydrogen-bond acceptors (Lipinski definition) is 2. The van der Waals surface area contributed by atoms with Crippen LogP contribution in [0.25, 0.3) is 0 Å². The molecular formula is C10H9FO3. The Labute approximate surface area is 79.8 Å². The van der Waals surface area contributed by atoms with Crippen molar-refractivity contribution < 1.29 is 19.4 Å². The average Bonchev–Trinajstić information content (AvgIpc) is 2.84. The second-order valence-corrected chi connectivity index (χ2v) is 3.55. The minimum absolute atomic E-state index is 0.273. The minimum Gasteiger partial charge on any atom is -0.508 e. The number of carboxylic acids is 1. The maximum Gasteiger partial charge on any atom is 0.314 e. The van der Waals surface area contributed by atoms with Gasteiger partial charge in [-0.2, -0.15) is 0 Å². The van der Waals surface area contributed by atoms with Crippen LogP contribution in [0.5, 0.6) is 5.75 Å². The van der Waals surface area contributed by atoms with Gasteiger partial charge in [0.2, 0.25) is 0 Å². The van der Waals surface area contributed by atoms with Gasteiger partial charge >= 0.3 is 5.97 Å². The highest BCUT2D eigenvalue weighted by molar-refractivity contribution is 5.85. The van der Waals surface area contributed by atoms with Crippen LogP contribution in [-0.2, 0) is 10.2 Å². The van der Waals surface area contributed by atoms with E-state index >= 15 is 0 Å². The van der Waals surface area contributed by atoms with E-state index in [0.29, 0.717) is 18.4 Å². The molecule has 1 aliphatic rings. The lowest BCUT2D eigenvalue weighted by Gasteiger charge is -2.11. The van der Waals surface area contributed by atoms with Gasteiger partial charge in [-0.05, 0) is 18.9 Å². The topological polar surface area (TPSA) is 57.5 Å². The van der Waals surface area contributed by atoms with Crippen LogP contribution in [0.3, 0.4) is 0 Å². The number of aromatic hydroxyl groups is 1. The third-order valence-corrected chi connectivity index (χ3v) is 2.63. The second kappa shape index (κ2) is 2.70. The summed E-state index contributed by atoms with van der Waals surface area (Å²) >= 11 is 0. The molecule has 0 unspecified atom stereocenters. The van der Waals surface area contributed by atoms with Gasteiger partial charge in [0.1, 0.15) is 11.6 Å². The summed E-state index contributed by atoms with van der Waals surface area (Å²) in [5, 5.41) is 18.4. The number of halogens is 1. The second-order valence-electron chi connectivity index (χ2n) is 3.55. The molecule has 4 heteroatoms. The number of phenolic OH excluding ortho intramolecular Hbond substituents is 1. The van der Waals surface area contributed by atoms with Gasteiger partial charge in [0.15, 0.2) is 0 Å². The molecule has 1 aromatic rings. The number of hydrogen-bond donors (Lipinski definition) is 2. The molecule has 3 nitrogen and oxygen atoms in total. The first-order valence-corrected chi connectivity index (χ1v) is 4.29. The highest BCUT2D eigenvalue weighted by Crippen LogP contribution is 2.51. The van der Waals surface area contributed by atoms with Crippen molar-refractivity contribution in [3.05, 3.63) is 29.6 Å². The Morgan fingerprint density at radius 3 is 2.50 bits per heavy atom. The Bertz CT molecular complexity index is 396. The van der Waals surface area contributed by atoms with Crippen molar-refractivity contribution in [2.24, 2.45) is 0 Å². The highest BCUT2D eigenvalue weighted by atomic mass is 19.1. The van der Waals surface area contributed by atoms with Crippen LogP contribution < -0.4 is 0 Å². The quantitative estimate of drug-likeness (QED) is 0.756. The van der Waals surface area contributed by atoms with Crippen LogP contribution in [0.4, 0.5) is 4.39 Å². The zero-order valence-electron chi connectivity index (χ0n) is 7.33. The molecule has 74 valence electrons. The van der Waals surface area contributed by atoms with Gasteiger partial charge in [0, 0.05) is 11.6 Å². The molecule has 2 rings (SSSR count). The summed E-state index contributed by atoms with van der Waals surface area (Å²) in [6.07, 6.45) is 1.00. The van der Waals surface area contributed by atoms with Crippen LogP contribution in [0.15, 0.2) is 18.2 Å². The van der Waals surface area contributed by atoms with Gasteiger partial charge in [-0.1, -0.05) is 6.07 Å². The van der Waals surface area contributed by atoms with Gasteiger partial charge < -0.3 is 10.2 Å². The summed E-state index contributed by atoms with van der Waals surface area (Å²) in [5.41, 5.74) is -0.663. The van der Waals surface area contributed by atoms with Crippen molar-refractivity contribution in [1.29, 1.82) is 0 Å². The van der Waals surface area contributed by atoms with Crippen LogP contribution >= 0.6 is 0 Å². The number of aliphatic carboxylic acids is 1. The zero-order chi connectivity index (χ0) is 10.3. The molecule has 0 radical (unpaired) electrons. The fourth-order valence-electron chi connectivity index (χ4n) is 1.63. The summed E-state index contributed by atoms with van der Waals surface area (Å²) in [6.45, 7) is 0. The van der Waals surface area contributed by atoms with Crippen molar-refractivity contribution in [2.45, 2.75) is 18.3 Å². The van der Waals surface area contributed by atoms with Gasteiger partial charge in [0.05, 0.1) is 5.41 Å². The Kier molecular flexibility index (Phi) is 1.74. The average molecular weight is 196 g/mol. The van der Waals surface area contributed by atoms with Crippen molar-refractivity contribution in [2.75, 3.05) is 0 Å². The van der Waals surface area contributed by atoms with E-state index in [2.05, 4.69) is 0 Å². The summed E-state index contributed by atoms with van der Waals surface area (Å²) in [5.74, 6) is -1.79. The third-order valence-electron chi connectivity index (χ3n) is 2.63. The van der Waals surface area contributed by atoms with E-state index in [4.69, 9.17) is 5.11 Å². The molecule has 0 aromatic heterocycles. The van der Waals surface area contributed by atoms with Gasteiger partial charge in [0.25, 0.3) is 0 Å². The normalized spacial score (nSPS) is 17.8. The van der Waals surface area contributed by atoms with E-state index in [0.717, 1.165) is 12.1 Å². The molecule has 0 bridgehead atoms. The Hall–Kier alpha value is -1.58. The lowest BCUT2D eigenvalue weighted by atomic mass is 9.95. The molecule has 2 N–H and O–H groups in total. The molecule has 0 amide bonds. The molecule has 0 spiro atoms. The molecule has 14 heavy (non-hydrogen) atoms. The van der Waals surface area contributed by atoms with Gasteiger partial charge in [-0.3, -0.25) is 4.79 Å². The predicted octanol–water partition coefficient (Wildman–Crippen LogP) is 1.65. The van der Waals surface area contributed by atoms with E-state index in [1.165, 1.54) is 6.07 Å². The molecule has 0 heterocycles. The van der Waals surface area contributed by atoms with Crippen LogP contribution in [-0.4, -0.2) is 16.2 Å².